The number of rotatable bonds is 4. The molecule has 0 fully saturated rings. The van der Waals surface area contributed by atoms with Gasteiger partial charge < -0.3 is 9.84 Å². The number of nitrogens with one attached hydrogen (secondary N) is 1. The van der Waals surface area contributed by atoms with E-state index in [9.17, 15) is 14.7 Å². The van der Waals surface area contributed by atoms with Crippen LogP contribution in [0.3, 0.4) is 0 Å². The molecule has 0 atom stereocenters. The van der Waals surface area contributed by atoms with Crippen LogP contribution in [0.1, 0.15) is 45.4 Å². The Morgan fingerprint density at radius 1 is 1.39 bits per heavy atom. The van der Waals surface area contributed by atoms with E-state index in [0.717, 1.165) is 42.6 Å². The van der Waals surface area contributed by atoms with Gasteiger partial charge in [0, 0.05) is 4.88 Å². The quantitative estimate of drug-likeness (QED) is 0.653. The monoisotopic (exact) mass is 352 g/mol. The van der Waals surface area contributed by atoms with Crippen molar-refractivity contribution in [1.29, 1.82) is 0 Å². The van der Waals surface area contributed by atoms with Crippen molar-refractivity contribution in [2.75, 3.05) is 6.61 Å². The molecule has 1 aliphatic rings. The number of carbonyl (C=O) groups is 1. The molecule has 8 heteroatoms. The minimum absolute atomic E-state index is 0.206. The molecule has 0 saturated carbocycles. The molecule has 23 heavy (non-hydrogen) atoms. The molecule has 0 unspecified atom stereocenters. The number of aliphatic imine (C=N–C) groups is 1. The SMILES string of the molecule is CCOC(=O)c1c(/N=C/c2sc(=O)[nH]c2O)sc2c1CCCC2. The number of carbonyl (C=O) groups excluding carboxylic acids is 1. The van der Waals surface area contributed by atoms with Gasteiger partial charge in [0.2, 0.25) is 5.88 Å². The van der Waals surface area contributed by atoms with Gasteiger partial charge in [0.05, 0.1) is 18.4 Å². The van der Waals surface area contributed by atoms with Crippen LogP contribution in [0.5, 0.6) is 5.88 Å². The first kappa shape index (κ1) is 15.9. The highest BCUT2D eigenvalue weighted by Gasteiger charge is 2.26. The van der Waals surface area contributed by atoms with Gasteiger partial charge in [0.15, 0.2) is 0 Å². The van der Waals surface area contributed by atoms with E-state index < -0.39 is 0 Å². The lowest BCUT2D eigenvalue weighted by Crippen LogP contribution is -2.09. The fourth-order valence-corrected chi connectivity index (χ4v) is 4.41. The minimum Gasteiger partial charge on any atom is -0.493 e. The Bertz CT molecular complexity index is 816. The van der Waals surface area contributed by atoms with Gasteiger partial charge in [0.1, 0.15) is 9.88 Å². The smallest absolute Gasteiger partial charge is 0.341 e. The van der Waals surface area contributed by atoms with E-state index in [1.807, 2.05) is 0 Å². The number of hydrogen-bond acceptors (Lipinski definition) is 7. The van der Waals surface area contributed by atoms with Crippen LogP contribution >= 0.6 is 22.7 Å². The summed E-state index contributed by atoms with van der Waals surface area (Å²) in [6, 6.07) is 0. The molecule has 6 nitrogen and oxygen atoms in total. The van der Waals surface area contributed by atoms with Crippen molar-refractivity contribution in [2.45, 2.75) is 32.6 Å². The largest absolute Gasteiger partial charge is 0.493 e. The maximum Gasteiger partial charge on any atom is 0.341 e. The molecule has 122 valence electrons. The first-order valence-corrected chi connectivity index (χ1v) is 9.01. The average Bonchev–Trinajstić information content (AvgIpc) is 3.04. The van der Waals surface area contributed by atoms with E-state index in [2.05, 4.69) is 9.98 Å². The second-order valence-electron chi connectivity index (χ2n) is 5.10. The molecular formula is C15H16N2O4S2. The highest BCUT2D eigenvalue weighted by molar-refractivity contribution is 7.16. The topological polar surface area (TPSA) is 91.8 Å². The van der Waals surface area contributed by atoms with Gasteiger partial charge in [-0.05, 0) is 38.2 Å². The average molecular weight is 352 g/mol. The van der Waals surface area contributed by atoms with E-state index in [1.54, 1.807) is 6.92 Å². The van der Waals surface area contributed by atoms with Gasteiger partial charge in [-0.25, -0.2) is 9.79 Å². The fraction of sp³-hybridized carbons (Fsp3) is 0.400. The van der Waals surface area contributed by atoms with E-state index in [0.29, 0.717) is 22.0 Å². The highest BCUT2D eigenvalue weighted by Crippen LogP contribution is 2.40. The van der Waals surface area contributed by atoms with Crippen LogP contribution in [0, 0.1) is 0 Å². The molecule has 2 aromatic heterocycles. The third-order valence-corrected chi connectivity index (χ3v) is 5.59. The van der Waals surface area contributed by atoms with E-state index in [-0.39, 0.29) is 16.7 Å². The number of esters is 1. The summed E-state index contributed by atoms with van der Waals surface area (Å²) in [4.78, 5) is 31.3. The normalized spacial score (nSPS) is 14.1. The molecule has 2 N–H and O–H groups in total. The van der Waals surface area contributed by atoms with Gasteiger partial charge in [-0.2, -0.15) is 0 Å². The summed E-state index contributed by atoms with van der Waals surface area (Å²) in [5.41, 5.74) is 1.57. The van der Waals surface area contributed by atoms with Gasteiger partial charge >= 0.3 is 10.8 Å². The standard InChI is InChI=1S/C15H16N2O4S2/c1-2-21-14(19)11-8-5-3-4-6-9(8)22-13(11)16-7-10-12(18)17-15(20)23-10/h7,18H,2-6H2,1H3,(H,17,20)/b16-7+. The second-order valence-corrected chi connectivity index (χ2v) is 7.20. The van der Waals surface area contributed by atoms with Gasteiger partial charge in [0.25, 0.3) is 0 Å². The van der Waals surface area contributed by atoms with Gasteiger partial charge in [-0.3, -0.25) is 9.78 Å². The Labute approximate surface area is 140 Å². The number of fused-ring (bicyclic) bond motifs is 1. The van der Waals surface area contributed by atoms with Crippen molar-refractivity contribution < 1.29 is 14.6 Å². The molecule has 2 heterocycles. The maximum absolute atomic E-state index is 12.3. The zero-order chi connectivity index (χ0) is 16.4. The lowest BCUT2D eigenvalue weighted by molar-refractivity contribution is 0.0526. The number of hydrogen-bond donors (Lipinski definition) is 2. The highest BCUT2D eigenvalue weighted by atomic mass is 32.1. The third-order valence-electron chi connectivity index (χ3n) is 3.59. The minimum atomic E-state index is -0.356. The number of nitrogens with zero attached hydrogens (tertiary/aromatic N) is 1. The first-order chi connectivity index (χ1) is 11.1. The number of thiazole rings is 1. The van der Waals surface area contributed by atoms with Crippen LogP contribution in [0.2, 0.25) is 0 Å². The Balaban J connectivity index is 2.00. The van der Waals surface area contributed by atoms with Crippen LogP contribution in [0.25, 0.3) is 0 Å². The second kappa shape index (κ2) is 6.67. The van der Waals surface area contributed by atoms with Gasteiger partial charge in [-0.1, -0.05) is 11.3 Å². The maximum atomic E-state index is 12.3. The number of thiophene rings is 1. The van der Waals surface area contributed by atoms with Crippen molar-refractivity contribution >= 4 is 39.9 Å². The van der Waals surface area contributed by atoms with Crippen LogP contribution < -0.4 is 4.87 Å². The van der Waals surface area contributed by atoms with Crippen molar-refractivity contribution in [2.24, 2.45) is 4.99 Å². The lowest BCUT2D eigenvalue weighted by Gasteiger charge is -2.11. The first-order valence-electron chi connectivity index (χ1n) is 7.38. The Morgan fingerprint density at radius 3 is 2.87 bits per heavy atom. The number of aryl methyl sites for hydroxylation is 1. The van der Waals surface area contributed by atoms with Crippen molar-refractivity contribution in [3.05, 3.63) is 30.5 Å². The van der Waals surface area contributed by atoms with E-state index in [1.165, 1.54) is 22.4 Å². The molecule has 1 aliphatic carbocycles. The summed E-state index contributed by atoms with van der Waals surface area (Å²) in [5.74, 6) is -0.562. The molecule has 0 amide bonds. The molecule has 0 radical (unpaired) electrons. The summed E-state index contributed by atoms with van der Waals surface area (Å²) in [6.07, 6.45) is 5.39. The molecule has 0 saturated heterocycles. The molecule has 0 bridgehead atoms. The number of aromatic nitrogens is 1. The van der Waals surface area contributed by atoms with Crippen LogP contribution in [-0.4, -0.2) is 28.9 Å². The summed E-state index contributed by atoms with van der Waals surface area (Å²) in [5, 5.41) is 10.2. The molecule has 3 rings (SSSR count). The van der Waals surface area contributed by atoms with Crippen molar-refractivity contribution in [1.82, 2.24) is 4.98 Å². The number of ether oxygens (including phenoxy) is 1. The fourth-order valence-electron chi connectivity index (χ4n) is 2.59. The predicted octanol–water partition coefficient (Wildman–Crippen LogP) is 3.01. The van der Waals surface area contributed by atoms with Crippen LogP contribution in [0.4, 0.5) is 5.00 Å². The summed E-state index contributed by atoms with van der Waals surface area (Å²) >= 11 is 2.35. The summed E-state index contributed by atoms with van der Waals surface area (Å²) < 4.78 is 5.16. The number of H-pyrrole nitrogens is 1. The zero-order valence-corrected chi connectivity index (χ0v) is 14.2. The lowest BCUT2D eigenvalue weighted by atomic mass is 9.95. The van der Waals surface area contributed by atoms with Gasteiger partial charge in [-0.15, -0.1) is 11.3 Å². The van der Waals surface area contributed by atoms with Crippen LogP contribution in [-0.2, 0) is 17.6 Å². The zero-order valence-electron chi connectivity index (χ0n) is 12.5. The third kappa shape index (κ3) is 3.23. The predicted molar refractivity (Wildman–Crippen MR) is 90.8 cm³/mol. The Kier molecular flexibility index (Phi) is 4.63. The molecule has 0 spiro atoms. The Morgan fingerprint density at radius 2 is 2.17 bits per heavy atom. The molecule has 0 aliphatic heterocycles. The number of aromatic hydroxyl groups is 1. The van der Waals surface area contributed by atoms with E-state index in [4.69, 9.17) is 4.74 Å². The van der Waals surface area contributed by atoms with E-state index >= 15 is 0 Å². The molecule has 2 aromatic rings. The number of aromatic amines is 1. The van der Waals surface area contributed by atoms with Crippen molar-refractivity contribution in [3.8, 4) is 5.88 Å². The molecule has 0 aromatic carbocycles. The summed E-state index contributed by atoms with van der Waals surface area (Å²) in [7, 11) is 0. The summed E-state index contributed by atoms with van der Waals surface area (Å²) in [6.45, 7) is 2.09. The Hall–Kier alpha value is -1.93. The van der Waals surface area contributed by atoms with Crippen molar-refractivity contribution in [3.63, 3.8) is 0 Å². The molecular weight excluding hydrogens is 336 g/mol. The van der Waals surface area contributed by atoms with Crippen LogP contribution in [0.15, 0.2) is 9.79 Å².